The number of nitrogen functional groups attached to an aromatic ring is 1. The molecule has 104 valence electrons. The van der Waals surface area contributed by atoms with Gasteiger partial charge in [-0.05, 0) is 24.3 Å². The van der Waals surface area contributed by atoms with Gasteiger partial charge in [0, 0.05) is 44.3 Å². The molecule has 1 aromatic carbocycles. The Balaban J connectivity index is 1.68. The zero-order chi connectivity index (χ0) is 13.9. The van der Waals surface area contributed by atoms with Crippen LogP contribution in [-0.2, 0) is 0 Å². The average molecular weight is 273 g/mol. The summed E-state index contributed by atoms with van der Waals surface area (Å²) in [5, 5.41) is 0. The van der Waals surface area contributed by atoms with E-state index in [1.807, 2.05) is 0 Å². The second-order valence-corrected chi connectivity index (χ2v) is 4.73. The normalized spacial score (nSPS) is 15.4. The second kappa shape index (κ2) is 5.32. The topological polar surface area (TPSA) is 58.3 Å². The largest absolute Gasteiger partial charge is 0.396 e. The molecule has 1 saturated heterocycles. The van der Waals surface area contributed by atoms with Gasteiger partial charge in [-0.2, -0.15) is 0 Å². The number of anilines is 3. The van der Waals surface area contributed by atoms with E-state index in [4.69, 9.17) is 5.73 Å². The molecule has 5 nitrogen and oxygen atoms in total. The molecule has 0 bridgehead atoms. The number of hydrogen-bond donors (Lipinski definition) is 1. The van der Waals surface area contributed by atoms with Gasteiger partial charge in [-0.3, -0.25) is 0 Å². The Bertz CT molecular complexity index is 581. The Kier molecular flexibility index (Phi) is 3.37. The van der Waals surface area contributed by atoms with Crippen molar-refractivity contribution in [3.05, 3.63) is 42.5 Å². The van der Waals surface area contributed by atoms with Gasteiger partial charge in [0.2, 0.25) is 5.95 Å². The lowest BCUT2D eigenvalue weighted by molar-refractivity contribution is 0.627. The Morgan fingerprint density at radius 3 is 2.30 bits per heavy atom. The highest BCUT2D eigenvalue weighted by Gasteiger charge is 2.19. The molecule has 2 aromatic rings. The van der Waals surface area contributed by atoms with E-state index in [0.29, 0.717) is 0 Å². The second-order valence-electron chi connectivity index (χ2n) is 4.73. The van der Waals surface area contributed by atoms with Crippen LogP contribution in [0.3, 0.4) is 0 Å². The number of aromatic nitrogens is 2. The monoisotopic (exact) mass is 273 g/mol. The maximum atomic E-state index is 13.2. The molecule has 3 rings (SSSR count). The van der Waals surface area contributed by atoms with Crippen molar-refractivity contribution >= 4 is 17.3 Å². The van der Waals surface area contributed by atoms with Crippen molar-refractivity contribution in [2.45, 2.75) is 0 Å². The molecule has 20 heavy (non-hydrogen) atoms. The van der Waals surface area contributed by atoms with Crippen molar-refractivity contribution in [2.75, 3.05) is 41.7 Å². The summed E-state index contributed by atoms with van der Waals surface area (Å²) >= 11 is 0. The first kappa shape index (κ1) is 12.7. The Hall–Kier alpha value is -2.37. The standard InChI is InChI=1S/C14H16FN5/c15-12-3-2-11(10-13(12)16)19-6-8-20(9-7-19)14-17-4-1-5-18-14/h1-5,10H,6-9,16H2. The quantitative estimate of drug-likeness (QED) is 0.841. The maximum Gasteiger partial charge on any atom is 0.225 e. The molecule has 0 saturated carbocycles. The Morgan fingerprint density at radius 2 is 1.65 bits per heavy atom. The van der Waals surface area contributed by atoms with Crippen molar-refractivity contribution in [1.82, 2.24) is 9.97 Å². The Morgan fingerprint density at radius 1 is 1.00 bits per heavy atom. The SMILES string of the molecule is Nc1cc(N2CCN(c3ncccn3)CC2)ccc1F. The summed E-state index contributed by atoms with van der Waals surface area (Å²) in [6.45, 7) is 3.34. The molecule has 0 spiro atoms. The van der Waals surface area contributed by atoms with Crippen molar-refractivity contribution in [2.24, 2.45) is 0 Å². The fourth-order valence-electron chi connectivity index (χ4n) is 2.35. The molecule has 1 aliphatic rings. The molecule has 6 heteroatoms. The van der Waals surface area contributed by atoms with E-state index in [1.54, 1.807) is 30.6 Å². The first-order valence-electron chi connectivity index (χ1n) is 6.56. The molecule has 1 aliphatic heterocycles. The molecule has 0 amide bonds. The third-order valence-electron chi connectivity index (χ3n) is 3.46. The van der Waals surface area contributed by atoms with Gasteiger partial charge in [0.25, 0.3) is 0 Å². The average Bonchev–Trinajstić information content (AvgIpc) is 2.51. The van der Waals surface area contributed by atoms with Crippen LogP contribution in [0.15, 0.2) is 36.7 Å². The Labute approximate surface area is 116 Å². The highest BCUT2D eigenvalue weighted by Crippen LogP contribution is 2.22. The molecule has 0 radical (unpaired) electrons. The van der Waals surface area contributed by atoms with Crippen LogP contribution < -0.4 is 15.5 Å². The van der Waals surface area contributed by atoms with Crippen LogP contribution in [0, 0.1) is 5.82 Å². The smallest absolute Gasteiger partial charge is 0.225 e. The molecule has 0 atom stereocenters. The maximum absolute atomic E-state index is 13.2. The molecular formula is C14H16FN5. The summed E-state index contributed by atoms with van der Waals surface area (Å²) in [5.41, 5.74) is 6.76. The van der Waals surface area contributed by atoms with Crippen LogP contribution in [0.5, 0.6) is 0 Å². The van der Waals surface area contributed by atoms with Crippen molar-refractivity contribution in [3.63, 3.8) is 0 Å². The van der Waals surface area contributed by atoms with E-state index < -0.39 is 0 Å². The van der Waals surface area contributed by atoms with E-state index >= 15 is 0 Å². The van der Waals surface area contributed by atoms with Gasteiger partial charge in [-0.1, -0.05) is 0 Å². The fourth-order valence-corrected chi connectivity index (χ4v) is 2.35. The van der Waals surface area contributed by atoms with Crippen molar-refractivity contribution in [1.29, 1.82) is 0 Å². The first-order chi connectivity index (χ1) is 9.74. The zero-order valence-corrected chi connectivity index (χ0v) is 11.0. The number of nitrogens with zero attached hydrogens (tertiary/aromatic N) is 4. The first-order valence-corrected chi connectivity index (χ1v) is 6.56. The molecular weight excluding hydrogens is 257 g/mol. The minimum atomic E-state index is -0.370. The molecule has 2 heterocycles. The third kappa shape index (κ3) is 2.49. The molecule has 2 N–H and O–H groups in total. The van der Waals surface area contributed by atoms with Crippen LogP contribution in [-0.4, -0.2) is 36.1 Å². The number of nitrogens with two attached hydrogens (primary N) is 1. The highest BCUT2D eigenvalue weighted by molar-refractivity contribution is 5.57. The van der Waals surface area contributed by atoms with Crippen LogP contribution >= 0.6 is 0 Å². The number of rotatable bonds is 2. The lowest BCUT2D eigenvalue weighted by atomic mass is 10.2. The molecule has 0 unspecified atom stereocenters. The summed E-state index contributed by atoms with van der Waals surface area (Å²) in [5.74, 6) is 0.385. The van der Waals surface area contributed by atoms with E-state index in [2.05, 4.69) is 19.8 Å². The van der Waals surface area contributed by atoms with Crippen LogP contribution in [0.2, 0.25) is 0 Å². The van der Waals surface area contributed by atoms with Gasteiger partial charge in [-0.15, -0.1) is 0 Å². The highest BCUT2D eigenvalue weighted by atomic mass is 19.1. The zero-order valence-electron chi connectivity index (χ0n) is 11.0. The van der Waals surface area contributed by atoms with E-state index in [9.17, 15) is 4.39 Å². The molecule has 1 aromatic heterocycles. The number of piperazine rings is 1. The predicted molar refractivity (Wildman–Crippen MR) is 77.3 cm³/mol. The summed E-state index contributed by atoms with van der Waals surface area (Å²) in [6, 6.07) is 6.67. The molecule has 1 fully saturated rings. The summed E-state index contributed by atoms with van der Waals surface area (Å²) < 4.78 is 13.2. The minimum absolute atomic E-state index is 0.191. The van der Waals surface area contributed by atoms with E-state index in [1.165, 1.54) is 6.07 Å². The van der Waals surface area contributed by atoms with Gasteiger partial charge in [-0.25, -0.2) is 14.4 Å². The number of benzene rings is 1. The van der Waals surface area contributed by atoms with Gasteiger partial charge >= 0.3 is 0 Å². The van der Waals surface area contributed by atoms with Crippen molar-refractivity contribution < 1.29 is 4.39 Å². The van der Waals surface area contributed by atoms with E-state index in [0.717, 1.165) is 37.8 Å². The summed E-state index contributed by atoms with van der Waals surface area (Å²) in [7, 11) is 0. The number of halogens is 1. The third-order valence-corrected chi connectivity index (χ3v) is 3.46. The number of hydrogen-bond acceptors (Lipinski definition) is 5. The van der Waals surface area contributed by atoms with Gasteiger partial charge in [0.05, 0.1) is 5.69 Å². The van der Waals surface area contributed by atoms with Crippen LogP contribution in [0.1, 0.15) is 0 Å². The van der Waals surface area contributed by atoms with Crippen LogP contribution in [0.25, 0.3) is 0 Å². The lowest BCUT2D eigenvalue weighted by Gasteiger charge is -2.36. The minimum Gasteiger partial charge on any atom is -0.396 e. The van der Waals surface area contributed by atoms with Crippen LogP contribution in [0.4, 0.5) is 21.7 Å². The van der Waals surface area contributed by atoms with Gasteiger partial charge in [0.15, 0.2) is 0 Å². The lowest BCUT2D eigenvalue weighted by Crippen LogP contribution is -2.47. The van der Waals surface area contributed by atoms with E-state index in [-0.39, 0.29) is 11.5 Å². The summed E-state index contributed by atoms with van der Waals surface area (Å²) in [4.78, 5) is 12.8. The fraction of sp³-hybridized carbons (Fsp3) is 0.286. The van der Waals surface area contributed by atoms with Gasteiger partial charge < -0.3 is 15.5 Å². The van der Waals surface area contributed by atoms with Crippen molar-refractivity contribution in [3.8, 4) is 0 Å². The molecule has 0 aliphatic carbocycles. The predicted octanol–water partition coefficient (Wildman–Crippen LogP) is 1.52. The summed E-state index contributed by atoms with van der Waals surface area (Å²) in [6.07, 6.45) is 3.49. The van der Waals surface area contributed by atoms with Gasteiger partial charge in [0.1, 0.15) is 5.82 Å².